The molecule has 2 aliphatic carbocycles. The van der Waals surface area contributed by atoms with Crippen LogP contribution in [0.25, 0.3) is 0 Å². The fourth-order valence-corrected chi connectivity index (χ4v) is 3.13. The van der Waals surface area contributed by atoms with Gasteiger partial charge in [-0.25, -0.2) is 4.79 Å². The van der Waals surface area contributed by atoms with Gasteiger partial charge >= 0.3 is 5.97 Å². The quantitative estimate of drug-likeness (QED) is 0.884. The van der Waals surface area contributed by atoms with Gasteiger partial charge in [-0.3, -0.25) is 4.79 Å². The summed E-state index contributed by atoms with van der Waals surface area (Å²) in [6.07, 6.45) is 4.67. The van der Waals surface area contributed by atoms with E-state index >= 15 is 0 Å². The number of carboxylic acids is 1. The van der Waals surface area contributed by atoms with Crippen LogP contribution in [-0.2, 0) is 16.0 Å². The number of carbonyl (C=O) groups excluding carboxylic acids is 1. The van der Waals surface area contributed by atoms with Crippen LogP contribution >= 0.6 is 0 Å². The topological polar surface area (TPSA) is 66.4 Å². The van der Waals surface area contributed by atoms with E-state index in [9.17, 15) is 9.59 Å². The van der Waals surface area contributed by atoms with E-state index in [1.54, 1.807) is 0 Å². The second-order valence-corrected chi connectivity index (χ2v) is 5.93. The molecule has 1 atom stereocenters. The molecule has 106 valence electrons. The number of fused-ring (bicyclic) bond motifs is 1. The molecule has 0 aliphatic heterocycles. The zero-order chi connectivity index (χ0) is 14.2. The van der Waals surface area contributed by atoms with E-state index in [0.717, 1.165) is 19.3 Å². The first-order chi connectivity index (χ1) is 9.61. The summed E-state index contributed by atoms with van der Waals surface area (Å²) in [6.45, 7) is 0. The summed E-state index contributed by atoms with van der Waals surface area (Å²) in [5, 5.41) is 11.8. The van der Waals surface area contributed by atoms with Gasteiger partial charge in [-0.1, -0.05) is 24.3 Å². The predicted octanol–water partition coefficient (Wildman–Crippen LogP) is 2.23. The second kappa shape index (κ2) is 4.93. The molecule has 1 aromatic carbocycles. The molecular weight excluding hydrogens is 254 g/mol. The van der Waals surface area contributed by atoms with Gasteiger partial charge in [-0.15, -0.1) is 0 Å². The molecular formula is C16H19NO3. The Labute approximate surface area is 118 Å². The number of hydrogen-bond acceptors (Lipinski definition) is 2. The van der Waals surface area contributed by atoms with Crippen molar-refractivity contribution in [2.75, 3.05) is 0 Å². The predicted molar refractivity (Wildman–Crippen MR) is 74.5 cm³/mol. The van der Waals surface area contributed by atoms with Crippen molar-refractivity contribution in [3.8, 4) is 0 Å². The lowest BCUT2D eigenvalue weighted by Gasteiger charge is -2.25. The number of hydrogen-bond donors (Lipinski definition) is 2. The van der Waals surface area contributed by atoms with E-state index in [1.807, 2.05) is 12.1 Å². The molecule has 2 aliphatic rings. The van der Waals surface area contributed by atoms with E-state index < -0.39 is 11.5 Å². The van der Waals surface area contributed by atoms with Crippen LogP contribution in [0.4, 0.5) is 0 Å². The van der Waals surface area contributed by atoms with Gasteiger partial charge in [0.2, 0.25) is 5.91 Å². The van der Waals surface area contributed by atoms with Crippen molar-refractivity contribution in [3.05, 3.63) is 35.4 Å². The van der Waals surface area contributed by atoms with Crippen molar-refractivity contribution in [1.82, 2.24) is 5.32 Å². The molecule has 4 heteroatoms. The minimum atomic E-state index is -0.967. The van der Waals surface area contributed by atoms with E-state index in [2.05, 4.69) is 17.4 Å². The van der Waals surface area contributed by atoms with Crippen molar-refractivity contribution >= 4 is 11.9 Å². The van der Waals surface area contributed by atoms with Crippen LogP contribution in [-0.4, -0.2) is 22.5 Å². The van der Waals surface area contributed by atoms with Crippen molar-refractivity contribution in [1.29, 1.82) is 0 Å². The van der Waals surface area contributed by atoms with Gasteiger partial charge in [0.1, 0.15) is 5.54 Å². The highest BCUT2D eigenvalue weighted by molar-refractivity contribution is 5.89. The van der Waals surface area contributed by atoms with Crippen molar-refractivity contribution in [2.24, 2.45) is 0 Å². The lowest BCUT2D eigenvalue weighted by molar-refractivity contribution is -0.143. The summed E-state index contributed by atoms with van der Waals surface area (Å²) in [5.41, 5.74) is 1.62. The van der Waals surface area contributed by atoms with Crippen molar-refractivity contribution in [2.45, 2.75) is 50.0 Å². The van der Waals surface area contributed by atoms with Crippen LogP contribution < -0.4 is 5.32 Å². The molecule has 1 amide bonds. The molecule has 0 heterocycles. The van der Waals surface area contributed by atoms with E-state index in [1.165, 1.54) is 11.1 Å². The largest absolute Gasteiger partial charge is 0.480 e. The number of carboxylic acid groups (broad SMARTS) is 1. The number of rotatable bonds is 4. The van der Waals surface area contributed by atoms with E-state index in [4.69, 9.17) is 5.11 Å². The lowest BCUT2D eigenvalue weighted by Crippen LogP contribution is -2.43. The van der Waals surface area contributed by atoms with Gasteiger partial charge < -0.3 is 10.4 Å². The Hall–Kier alpha value is -1.84. The number of amides is 1. The molecule has 1 fully saturated rings. The lowest BCUT2D eigenvalue weighted by atomic mass is 9.81. The Kier molecular flexibility index (Phi) is 3.24. The maximum absolute atomic E-state index is 12.1. The Morgan fingerprint density at radius 3 is 2.75 bits per heavy atom. The minimum Gasteiger partial charge on any atom is -0.480 e. The number of carbonyl (C=O) groups is 2. The molecule has 2 N–H and O–H groups in total. The molecule has 1 unspecified atom stereocenters. The monoisotopic (exact) mass is 273 g/mol. The standard InChI is InChI=1S/C16H19NO3/c18-14(17-16(8-9-16)15(19)20)10-12-6-3-5-11-4-1-2-7-13(11)12/h1-2,4,7,12H,3,5-6,8-10H2,(H,17,18)(H,19,20). The highest BCUT2D eigenvalue weighted by Gasteiger charge is 2.51. The van der Waals surface area contributed by atoms with Gasteiger partial charge in [0.15, 0.2) is 0 Å². The fourth-order valence-electron chi connectivity index (χ4n) is 3.13. The third-order valence-corrected chi connectivity index (χ3v) is 4.46. The summed E-state index contributed by atoms with van der Waals surface area (Å²) in [7, 11) is 0. The first-order valence-corrected chi connectivity index (χ1v) is 7.23. The van der Waals surface area contributed by atoms with Crippen LogP contribution in [0.3, 0.4) is 0 Å². The average Bonchev–Trinajstić information content (AvgIpc) is 3.20. The molecule has 1 aromatic rings. The van der Waals surface area contributed by atoms with Crippen LogP contribution in [0.15, 0.2) is 24.3 Å². The smallest absolute Gasteiger partial charge is 0.329 e. The molecule has 3 rings (SSSR count). The third-order valence-electron chi connectivity index (χ3n) is 4.46. The summed E-state index contributed by atoms with van der Waals surface area (Å²) in [4.78, 5) is 23.2. The zero-order valence-electron chi connectivity index (χ0n) is 11.4. The second-order valence-electron chi connectivity index (χ2n) is 5.93. The number of nitrogens with one attached hydrogen (secondary N) is 1. The molecule has 0 radical (unpaired) electrons. The van der Waals surface area contributed by atoms with Gasteiger partial charge in [0, 0.05) is 6.42 Å². The normalized spacial score (nSPS) is 22.7. The van der Waals surface area contributed by atoms with Crippen LogP contribution in [0.5, 0.6) is 0 Å². The molecule has 1 saturated carbocycles. The maximum atomic E-state index is 12.1. The maximum Gasteiger partial charge on any atom is 0.329 e. The molecule has 4 nitrogen and oxygen atoms in total. The molecule has 0 saturated heterocycles. The van der Waals surface area contributed by atoms with Gasteiger partial charge in [0.05, 0.1) is 0 Å². The number of aliphatic carboxylic acids is 1. The zero-order valence-corrected chi connectivity index (χ0v) is 11.4. The van der Waals surface area contributed by atoms with Crippen molar-refractivity contribution in [3.63, 3.8) is 0 Å². The van der Waals surface area contributed by atoms with Crippen LogP contribution in [0.1, 0.15) is 49.1 Å². The third kappa shape index (κ3) is 2.42. The Balaban J connectivity index is 1.67. The molecule has 20 heavy (non-hydrogen) atoms. The summed E-state index contributed by atoms with van der Waals surface area (Å²) >= 11 is 0. The van der Waals surface area contributed by atoms with Crippen LogP contribution in [0, 0.1) is 0 Å². The summed E-state index contributed by atoms with van der Waals surface area (Å²) in [6, 6.07) is 8.26. The SMILES string of the molecule is O=C(CC1CCCc2ccccc21)NC1(C(=O)O)CC1. The Morgan fingerprint density at radius 2 is 2.05 bits per heavy atom. The fraction of sp³-hybridized carbons (Fsp3) is 0.500. The first kappa shape index (κ1) is 13.2. The summed E-state index contributed by atoms with van der Waals surface area (Å²) < 4.78 is 0. The Bertz CT molecular complexity index is 548. The van der Waals surface area contributed by atoms with Gasteiger partial charge in [0.25, 0.3) is 0 Å². The Morgan fingerprint density at radius 1 is 1.30 bits per heavy atom. The number of benzene rings is 1. The van der Waals surface area contributed by atoms with E-state index in [0.29, 0.717) is 19.3 Å². The molecule has 0 bridgehead atoms. The van der Waals surface area contributed by atoms with Gasteiger partial charge in [-0.05, 0) is 49.1 Å². The van der Waals surface area contributed by atoms with Crippen molar-refractivity contribution < 1.29 is 14.7 Å². The highest BCUT2D eigenvalue weighted by atomic mass is 16.4. The average molecular weight is 273 g/mol. The van der Waals surface area contributed by atoms with Gasteiger partial charge in [-0.2, -0.15) is 0 Å². The molecule has 0 aromatic heterocycles. The minimum absolute atomic E-state index is 0.133. The van der Waals surface area contributed by atoms with E-state index in [-0.39, 0.29) is 11.8 Å². The number of aryl methyl sites for hydroxylation is 1. The summed E-state index contributed by atoms with van der Waals surface area (Å²) in [5.74, 6) is -0.814. The molecule has 0 spiro atoms. The highest BCUT2D eigenvalue weighted by Crippen LogP contribution is 2.37. The first-order valence-electron chi connectivity index (χ1n) is 7.23. The van der Waals surface area contributed by atoms with Crippen LogP contribution in [0.2, 0.25) is 0 Å².